The summed E-state index contributed by atoms with van der Waals surface area (Å²) in [5.41, 5.74) is 1.39. The predicted molar refractivity (Wildman–Crippen MR) is 65.8 cm³/mol. The van der Waals surface area contributed by atoms with Gasteiger partial charge in [-0.2, -0.15) is 0 Å². The van der Waals surface area contributed by atoms with E-state index >= 15 is 0 Å². The van der Waals surface area contributed by atoms with E-state index in [-0.39, 0.29) is 0 Å². The molecule has 0 fully saturated rings. The second-order valence-electron chi connectivity index (χ2n) is 3.88. The van der Waals surface area contributed by atoms with Crippen LogP contribution in [-0.4, -0.2) is 19.3 Å². The van der Waals surface area contributed by atoms with E-state index in [1.54, 1.807) is 0 Å². The van der Waals surface area contributed by atoms with Crippen molar-refractivity contribution in [1.29, 1.82) is 0 Å². The summed E-state index contributed by atoms with van der Waals surface area (Å²) in [4.78, 5) is 0. The Bertz CT molecular complexity index is 234. The third-order valence-electron chi connectivity index (χ3n) is 2.26. The maximum atomic E-state index is 7.00. The maximum Gasteiger partial charge on any atom is 0.0319 e. The van der Waals surface area contributed by atoms with Gasteiger partial charge in [0.15, 0.2) is 0 Å². The monoisotopic (exact) mass is 209 g/mol. The van der Waals surface area contributed by atoms with E-state index in [1.807, 2.05) is 7.05 Å². The number of rotatable bonds is 4. The van der Waals surface area contributed by atoms with Crippen LogP contribution in [0.15, 0.2) is 30.3 Å². The number of aliphatic hydroxyl groups excluding tert-OH is 1. The molecule has 0 heterocycles. The van der Waals surface area contributed by atoms with Crippen molar-refractivity contribution in [2.45, 2.75) is 26.3 Å². The summed E-state index contributed by atoms with van der Waals surface area (Å²) in [5.74, 6) is 0.734. The first-order valence-corrected chi connectivity index (χ1v) is 5.41. The minimum Gasteiger partial charge on any atom is -0.400 e. The Hall–Kier alpha value is -0.860. The lowest BCUT2D eigenvalue weighted by Crippen LogP contribution is -2.18. The molecule has 0 aliphatic carbocycles. The third-order valence-corrected chi connectivity index (χ3v) is 2.26. The summed E-state index contributed by atoms with van der Waals surface area (Å²) in [6.07, 6.45) is 1.19. The topological polar surface area (TPSA) is 32.3 Å². The fourth-order valence-corrected chi connectivity index (χ4v) is 1.58. The van der Waals surface area contributed by atoms with Gasteiger partial charge in [-0.1, -0.05) is 44.2 Å². The van der Waals surface area contributed by atoms with Gasteiger partial charge in [0.1, 0.15) is 0 Å². The highest BCUT2D eigenvalue weighted by molar-refractivity contribution is 5.18. The number of hydrogen-bond acceptors (Lipinski definition) is 2. The minimum absolute atomic E-state index is 0.501. The zero-order valence-corrected chi connectivity index (χ0v) is 10.2. The fourth-order valence-electron chi connectivity index (χ4n) is 1.58. The molecular weight excluding hydrogens is 186 g/mol. The zero-order chi connectivity index (χ0) is 11.7. The Balaban J connectivity index is 0.000000921. The Morgan fingerprint density at radius 2 is 1.67 bits per heavy atom. The van der Waals surface area contributed by atoms with Crippen molar-refractivity contribution < 1.29 is 5.11 Å². The van der Waals surface area contributed by atoms with Crippen molar-refractivity contribution in [2.75, 3.05) is 14.2 Å². The Morgan fingerprint density at radius 3 is 2.07 bits per heavy atom. The van der Waals surface area contributed by atoms with Gasteiger partial charge in [0.05, 0.1) is 0 Å². The summed E-state index contributed by atoms with van der Waals surface area (Å²) in [6.45, 7) is 4.51. The molecule has 2 N–H and O–H groups in total. The highest BCUT2D eigenvalue weighted by Crippen LogP contribution is 2.19. The summed E-state index contributed by atoms with van der Waals surface area (Å²) in [6, 6.07) is 11.1. The van der Waals surface area contributed by atoms with Crippen molar-refractivity contribution in [3.63, 3.8) is 0 Å². The van der Waals surface area contributed by atoms with E-state index in [1.165, 1.54) is 12.0 Å². The molecule has 1 aromatic carbocycles. The zero-order valence-electron chi connectivity index (χ0n) is 10.2. The van der Waals surface area contributed by atoms with Gasteiger partial charge in [-0.15, -0.1) is 0 Å². The van der Waals surface area contributed by atoms with E-state index in [0.717, 1.165) is 13.0 Å². The highest BCUT2D eigenvalue weighted by Gasteiger charge is 2.09. The molecule has 2 heteroatoms. The van der Waals surface area contributed by atoms with Crippen molar-refractivity contribution >= 4 is 0 Å². The molecule has 0 aromatic heterocycles. The third kappa shape index (κ3) is 5.55. The molecule has 0 bridgehead atoms. The van der Waals surface area contributed by atoms with E-state index in [0.29, 0.717) is 6.04 Å². The van der Waals surface area contributed by atoms with Gasteiger partial charge in [0.25, 0.3) is 0 Å². The highest BCUT2D eigenvalue weighted by atomic mass is 16.2. The first kappa shape index (κ1) is 14.1. The first-order chi connectivity index (χ1) is 7.24. The molecule has 15 heavy (non-hydrogen) atoms. The summed E-state index contributed by atoms with van der Waals surface area (Å²) < 4.78 is 0. The number of hydrogen-bond donors (Lipinski definition) is 2. The van der Waals surface area contributed by atoms with Crippen molar-refractivity contribution in [3.8, 4) is 0 Å². The fraction of sp³-hybridized carbons (Fsp3) is 0.538. The summed E-state index contributed by atoms with van der Waals surface area (Å²) in [7, 11) is 3.03. The standard InChI is InChI=1S/C12H19N.CH4O/c1-10(2)9-12(13-3)11-7-5-4-6-8-11;1-2/h4-8,10,12-13H,9H2,1-3H3;2H,1H3. The van der Waals surface area contributed by atoms with Crippen LogP contribution >= 0.6 is 0 Å². The molecule has 86 valence electrons. The van der Waals surface area contributed by atoms with Crippen LogP contribution in [0.5, 0.6) is 0 Å². The molecule has 1 rings (SSSR count). The molecular formula is C13H23NO. The van der Waals surface area contributed by atoms with E-state index < -0.39 is 0 Å². The molecule has 0 amide bonds. The minimum atomic E-state index is 0.501. The second kappa shape index (κ2) is 8.45. The van der Waals surface area contributed by atoms with Gasteiger partial charge in [0.2, 0.25) is 0 Å². The van der Waals surface area contributed by atoms with Crippen LogP contribution in [0.4, 0.5) is 0 Å². The van der Waals surface area contributed by atoms with Gasteiger partial charge in [-0.05, 0) is 24.9 Å². The SMILES string of the molecule is CNC(CC(C)C)c1ccccc1.CO. The Kier molecular flexibility index (Phi) is 7.96. The van der Waals surface area contributed by atoms with Gasteiger partial charge in [-0.3, -0.25) is 0 Å². The van der Waals surface area contributed by atoms with Crippen LogP contribution in [0.2, 0.25) is 0 Å². The largest absolute Gasteiger partial charge is 0.400 e. The van der Waals surface area contributed by atoms with Crippen LogP contribution in [0.3, 0.4) is 0 Å². The molecule has 1 atom stereocenters. The van der Waals surface area contributed by atoms with Crippen LogP contribution < -0.4 is 5.32 Å². The number of nitrogens with one attached hydrogen (secondary N) is 1. The molecule has 0 radical (unpaired) electrons. The quantitative estimate of drug-likeness (QED) is 0.799. The average Bonchev–Trinajstić information content (AvgIpc) is 2.29. The maximum absolute atomic E-state index is 7.00. The van der Waals surface area contributed by atoms with Crippen molar-refractivity contribution in [1.82, 2.24) is 5.32 Å². The van der Waals surface area contributed by atoms with E-state index in [4.69, 9.17) is 5.11 Å². The van der Waals surface area contributed by atoms with Gasteiger partial charge >= 0.3 is 0 Å². The number of aliphatic hydroxyl groups is 1. The van der Waals surface area contributed by atoms with Gasteiger partial charge in [-0.25, -0.2) is 0 Å². The van der Waals surface area contributed by atoms with E-state index in [2.05, 4.69) is 49.5 Å². The molecule has 0 aliphatic heterocycles. The van der Waals surface area contributed by atoms with Crippen LogP contribution in [-0.2, 0) is 0 Å². The lowest BCUT2D eigenvalue weighted by atomic mass is 9.97. The van der Waals surface area contributed by atoms with E-state index in [9.17, 15) is 0 Å². The van der Waals surface area contributed by atoms with Crippen LogP contribution in [0.25, 0.3) is 0 Å². The lowest BCUT2D eigenvalue weighted by Gasteiger charge is -2.18. The average molecular weight is 209 g/mol. The van der Waals surface area contributed by atoms with Crippen molar-refractivity contribution in [2.24, 2.45) is 5.92 Å². The van der Waals surface area contributed by atoms with Crippen molar-refractivity contribution in [3.05, 3.63) is 35.9 Å². The molecule has 0 saturated heterocycles. The molecule has 0 saturated carbocycles. The van der Waals surface area contributed by atoms with Gasteiger partial charge in [0, 0.05) is 13.2 Å². The second-order valence-corrected chi connectivity index (χ2v) is 3.88. The predicted octanol–water partition coefficient (Wildman–Crippen LogP) is 2.60. The molecule has 2 nitrogen and oxygen atoms in total. The van der Waals surface area contributed by atoms with Crippen LogP contribution in [0.1, 0.15) is 31.9 Å². The Labute approximate surface area is 93.3 Å². The smallest absolute Gasteiger partial charge is 0.0319 e. The number of benzene rings is 1. The van der Waals surface area contributed by atoms with Gasteiger partial charge < -0.3 is 10.4 Å². The molecule has 0 aliphatic rings. The molecule has 1 aromatic rings. The Morgan fingerprint density at radius 1 is 1.13 bits per heavy atom. The van der Waals surface area contributed by atoms with Crippen LogP contribution in [0, 0.1) is 5.92 Å². The molecule has 1 unspecified atom stereocenters. The molecule has 0 spiro atoms. The normalized spacial score (nSPS) is 11.9. The lowest BCUT2D eigenvalue weighted by molar-refractivity contribution is 0.399. The summed E-state index contributed by atoms with van der Waals surface area (Å²) >= 11 is 0. The summed E-state index contributed by atoms with van der Waals surface area (Å²) in [5, 5.41) is 10.3. The first-order valence-electron chi connectivity index (χ1n) is 5.41.